The van der Waals surface area contributed by atoms with Crippen molar-refractivity contribution in [2.24, 2.45) is 0 Å². The van der Waals surface area contributed by atoms with Crippen molar-refractivity contribution in [1.29, 1.82) is 0 Å². The molecule has 106 valence electrons. The standard InChI is InChI=1S/C14H15BrN2O2S/c1-9-3-5-11(6-4-9)20(18,19)17-14-12(15)7-10(2)8-13(14)16/h3-8,17H,16H2,1-2H3. The zero-order valence-electron chi connectivity index (χ0n) is 11.1. The minimum absolute atomic E-state index is 0.204. The number of rotatable bonds is 3. The molecule has 0 bridgehead atoms. The fraction of sp³-hybridized carbons (Fsp3) is 0.143. The van der Waals surface area contributed by atoms with Crippen LogP contribution in [-0.4, -0.2) is 8.42 Å². The predicted molar refractivity (Wildman–Crippen MR) is 85.3 cm³/mol. The molecule has 0 aliphatic heterocycles. The van der Waals surface area contributed by atoms with E-state index in [2.05, 4.69) is 20.7 Å². The van der Waals surface area contributed by atoms with Gasteiger partial charge >= 0.3 is 0 Å². The minimum Gasteiger partial charge on any atom is -0.397 e. The van der Waals surface area contributed by atoms with E-state index in [-0.39, 0.29) is 4.90 Å². The second-order valence-electron chi connectivity index (χ2n) is 4.63. The largest absolute Gasteiger partial charge is 0.397 e. The highest BCUT2D eigenvalue weighted by molar-refractivity contribution is 9.10. The van der Waals surface area contributed by atoms with Crippen molar-refractivity contribution in [2.75, 3.05) is 10.5 Å². The Hall–Kier alpha value is -1.53. The summed E-state index contributed by atoms with van der Waals surface area (Å²) in [6, 6.07) is 10.2. The van der Waals surface area contributed by atoms with Gasteiger partial charge in [0.15, 0.2) is 0 Å². The lowest BCUT2D eigenvalue weighted by molar-refractivity contribution is 0.601. The third-order valence-corrected chi connectivity index (χ3v) is 4.82. The van der Waals surface area contributed by atoms with Gasteiger partial charge in [-0.05, 0) is 59.6 Å². The summed E-state index contributed by atoms with van der Waals surface area (Å²) in [5.74, 6) is 0. The van der Waals surface area contributed by atoms with Gasteiger partial charge in [0, 0.05) is 4.47 Å². The van der Waals surface area contributed by atoms with E-state index in [9.17, 15) is 8.42 Å². The molecule has 4 nitrogen and oxygen atoms in total. The average Bonchev–Trinajstić information content (AvgIpc) is 2.34. The summed E-state index contributed by atoms with van der Waals surface area (Å²) in [4.78, 5) is 0.204. The molecule has 0 saturated carbocycles. The summed E-state index contributed by atoms with van der Waals surface area (Å²) < 4.78 is 27.8. The van der Waals surface area contributed by atoms with Gasteiger partial charge in [-0.1, -0.05) is 17.7 Å². The first-order chi connectivity index (χ1) is 9.29. The quantitative estimate of drug-likeness (QED) is 0.829. The number of sulfonamides is 1. The summed E-state index contributed by atoms with van der Waals surface area (Å²) >= 11 is 3.33. The van der Waals surface area contributed by atoms with E-state index in [1.807, 2.05) is 19.9 Å². The summed E-state index contributed by atoms with van der Waals surface area (Å²) in [6.07, 6.45) is 0. The van der Waals surface area contributed by atoms with E-state index in [0.29, 0.717) is 15.8 Å². The van der Waals surface area contributed by atoms with Crippen molar-refractivity contribution in [3.05, 3.63) is 52.0 Å². The van der Waals surface area contributed by atoms with Crippen LogP contribution in [0.3, 0.4) is 0 Å². The molecule has 0 spiro atoms. The van der Waals surface area contributed by atoms with Crippen LogP contribution in [0.25, 0.3) is 0 Å². The van der Waals surface area contributed by atoms with Gasteiger partial charge in [-0.15, -0.1) is 0 Å². The van der Waals surface area contributed by atoms with Crippen LogP contribution in [0.1, 0.15) is 11.1 Å². The highest BCUT2D eigenvalue weighted by atomic mass is 79.9. The second kappa shape index (κ2) is 5.46. The van der Waals surface area contributed by atoms with Crippen LogP contribution < -0.4 is 10.5 Å². The Morgan fingerprint density at radius 2 is 1.65 bits per heavy atom. The smallest absolute Gasteiger partial charge is 0.261 e. The third kappa shape index (κ3) is 3.13. The Morgan fingerprint density at radius 3 is 2.20 bits per heavy atom. The van der Waals surface area contributed by atoms with E-state index >= 15 is 0 Å². The summed E-state index contributed by atoms with van der Waals surface area (Å²) in [5, 5.41) is 0. The number of hydrogen-bond donors (Lipinski definition) is 2. The van der Waals surface area contributed by atoms with Crippen molar-refractivity contribution < 1.29 is 8.42 Å². The first-order valence-corrected chi connectivity index (χ1v) is 8.22. The van der Waals surface area contributed by atoms with Crippen LogP contribution in [0.4, 0.5) is 11.4 Å². The number of nitrogens with two attached hydrogens (primary N) is 1. The van der Waals surface area contributed by atoms with Gasteiger partial charge in [-0.25, -0.2) is 8.42 Å². The highest BCUT2D eigenvalue weighted by Gasteiger charge is 2.17. The normalized spacial score (nSPS) is 11.3. The Bertz CT molecular complexity index is 717. The van der Waals surface area contributed by atoms with Gasteiger partial charge in [0.05, 0.1) is 16.3 Å². The molecule has 0 unspecified atom stereocenters. The van der Waals surface area contributed by atoms with E-state index in [0.717, 1.165) is 11.1 Å². The molecule has 0 fully saturated rings. The van der Waals surface area contributed by atoms with E-state index in [1.165, 1.54) is 0 Å². The lowest BCUT2D eigenvalue weighted by Gasteiger charge is -2.13. The number of halogens is 1. The molecule has 0 radical (unpaired) electrons. The van der Waals surface area contributed by atoms with Crippen molar-refractivity contribution in [3.8, 4) is 0 Å². The lowest BCUT2D eigenvalue weighted by Crippen LogP contribution is -2.14. The summed E-state index contributed by atoms with van der Waals surface area (Å²) in [7, 11) is -3.65. The molecule has 0 heterocycles. The molecule has 0 saturated heterocycles. The average molecular weight is 355 g/mol. The number of nitrogen functional groups attached to an aromatic ring is 1. The van der Waals surface area contributed by atoms with Gasteiger partial charge in [-0.3, -0.25) is 4.72 Å². The van der Waals surface area contributed by atoms with Crippen LogP contribution in [0.15, 0.2) is 45.8 Å². The predicted octanol–water partition coefficient (Wildman–Crippen LogP) is 3.45. The van der Waals surface area contributed by atoms with Crippen LogP contribution in [0.2, 0.25) is 0 Å². The number of nitrogens with one attached hydrogen (secondary N) is 1. The third-order valence-electron chi connectivity index (χ3n) is 2.83. The molecular formula is C14H15BrN2O2S. The monoisotopic (exact) mass is 354 g/mol. The number of aryl methyl sites for hydroxylation is 2. The molecule has 3 N–H and O–H groups in total. The molecule has 2 rings (SSSR count). The van der Waals surface area contributed by atoms with Gasteiger partial charge < -0.3 is 5.73 Å². The van der Waals surface area contributed by atoms with Crippen molar-refractivity contribution in [1.82, 2.24) is 0 Å². The van der Waals surface area contributed by atoms with Crippen LogP contribution in [0.5, 0.6) is 0 Å². The molecule has 0 atom stereocenters. The first-order valence-electron chi connectivity index (χ1n) is 5.95. The Labute approximate surface area is 127 Å². The highest BCUT2D eigenvalue weighted by Crippen LogP contribution is 2.32. The van der Waals surface area contributed by atoms with Crippen molar-refractivity contribution in [3.63, 3.8) is 0 Å². The zero-order chi connectivity index (χ0) is 14.9. The molecule has 6 heteroatoms. The Morgan fingerprint density at radius 1 is 1.05 bits per heavy atom. The van der Waals surface area contributed by atoms with E-state index in [4.69, 9.17) is 5.73 Å². The maximum atomic E-state index is 12.3. The number of anilines is 2. The summed E-state index contributed by atoms with van der Waals surface area (Å²) in [5.41, 5.74) is 8.57. The molecule has 2 aromatic carbocycles. The molecule has 2 aromatic rings. The maximum absolute atomic E-state index is 12.3. The molecule has 20 heavy (non-hydrogen) atoms. The summed E-state index contributed by atoms with van der Waals surface area (Å²) in [6.45, 7) is 3.79. The van der Waals surface area contributed by atoms with Gasteiger partial charge in [0.25, 0.3) is 10.0 Å². The fourth-order valence-electron chi connectivity index (χ4n) is 1.79. The molecule has 0 aliphatic rings. The maximum Gasteiger partial charge on any atom is 0.261 e. The van der Waals surface area contributed by atoms with Crippen LogP contribution >= 0.6 is 15.9 Å². The molecule has 0 amide bonds. The first kappa shape index (κ1) is 14.9. The topological polar surface area (TPSA) is 72.2 Å². The van der Waals surface area contributed by atoms with Crippen LogP contribution in [-0.2, 0) is 10.0 Å². The van der Waals surface area contributed by atoms with Crippen molar-refractivity contribution in [2.45, 2.75) is 18.7 Å². The van der Waals surface area contributed by atoms with E-state index in [1.54, 1.807) is 30.3 Å². The second-order valence-corrected chi connectivity index (χ2v) is 7.17. The lowest BCUT2D eigenvalue weighted by atomic mass is 10.2. The van der Waals surface area contributed by atoms with Gasteiger partial charge in [0.2, 0.25) is 0 Å². The SMILES string of the molecule is Cc1ccc(S(=O)(=O)Nc2c(N)cc(C)cc2Br)cc1. The van der Waals surface area contributed by atoms with Crippen LogP contribution in [0, 0.1) is 13.8 Å². The molecule has 0 aromatic heterocycles. The zero-order valence-corrected chi connectivity index (χ0v) is 13.5. The van der Waals surface area contributed by atoms with Gasteiger partial charge in [0.1, 0.15) is 0 Å². The minimum atomic E-state index is -3.65. The van der Waals surface area contributed by atoms with E-state index < -0.39 is 10.0 Å². The van der Waals surface area contributed by atoms with Crippen molar-refractivity contribution >= 4 is 37.3 Å². The Kier molecular flexibility index (Phi) is 4.06. The Balaban J connectivity index is 2.41. The fourth-order valence-corrected chi connectivity index (χ4v) is 3.72. The molecule has 0 aliphatic carbocycles. The molecular weight excluding hydrogens is 340 g/mol. The number of hydrogen-bond acceptors (Lipinski definition) is 3. The van der Waals surface area contributed by atoms with Gasteiger partial charge in [-0.2, -0.15) is 0 Å². The number of benzene rings is 2.